The number of epoxide rings is 1. The van der Waals surface area contributed by atoms with Crippen LogP contribution in [-0.4, -0.2) is 42.1 Å². The van der Waals surface area contributed by atoms with Gasteiger partial charge in [0.15, 0.2) is 6.23 Å². The third kappa shape index (κ3) is 2.86. The van der Waals surface area contributed by atoms with Crippen molar-refractivity contribution >= 4 is 6.09 Å². The van der Waals surface area contributed by atoms with Crippen LogP contribution in [0.5, 0.6) is 0 Å². The summed E-state index contributed by atoms with van der Waals surface area (Å²) >= 11 is 0. The highest BCUT2D eigenvalue weighted by Gasteiger charge is 2.63. The molecule has 0 N–H and O–H groups in total. The Morgan fingerprint density at radius 1 is 1.43 bits per heavy atom. The van der Waals surface area contributed by atoms with E-state index in [1.165, 1.54) is 0 Å². The minimum absolute atomic E-state index is 0.0380. The van der Waals surface area contributed by atoms with Crippen LogP contribution in [0.25, 0.3) is 0 Å². The minimum Gasteiger partial charge on any atom is -0.450 e. The number of amides is 1. The fourth-order valence-electron chi connectivity index (χ4n) is 3.14. The first-order chi connectivity index (χ1) is 11.1. The van der Waals surface area contributed by atoms with Crippen molar-refractivity contribution in [2.45, 2.75) is 44.7 Å². The first-order valence-electron chi connectivity index (χ1n) is 8.04. The summed E-state index contributed by atoms with van der Waals surface area (Å²) in [6, 6.07) is 9.73. The molecule has 0 aliphatic carbocycles. The summed E-state index contributed by atoms with van der Waals surface area (Å²) in [5.41, 5.74) is 0.512. The molecule has 0 spiro atoms. The van der Waals surface area contributed by atoms with E-state index in [1.807, 2.05) is 56.3 Å². The number of allylic oxidation sites excluding steroid dienone is 1. The van der Waals surface area contributed by atoms with Crippen LogP contribution < -0.4 is 0 Å². The molecule has 5 nitrogen and oxygen atoms in total. The van der Waals surface area contributed by atoms with Crippen molar-refractivity contribution in [3.8, 4) is 0 Å². The van der Waals surface area contributed by atoms with Gasteiger partial charge in [-0.25, -0.2) is 4.79 Å². The van der Waals surface area contributed by atoms with Crippen molar-refractivity contribution in [1.82, 2.24) is 4.90 Å². The highest BCUT2D eigenvalue weighted by atomic mass is 16.7. The Morgan fingerprint density at radius 2 is 2.17 bits per heavy atom. The maximum atomic E-state index is 12.5. The van der Waals surface area contributed by atoms with Crippen LogP contribution in [0, 0.1) is 0 Å². The zero-order valence-corrected chi connectivity index (χ0v) is 13.8. The summed E-state index contributed by atoms with van der Waals surface area (Å²) in [7, 11) is 0. The lowest BCUT2D eigenvalue weighted by Crippen LogP contribution is -2.46. The standard InChI is InChI=1S/C18H23NO4/c1-4-9-15-18(3,23-15)16-19(17(20)21-5-2)14(12-22-16)13-10-7-6-8-11-13/h4,6-11,14-16H,5,12H2,1-3H3/b9-4+/t14-,15-,16?,18+/m0/s1. The van der Waals surface area contributed by atoms with Gasteiger partial charge in [-0.1, -0.05) is 42.5 Å². The Hall–Kier alpha value is -1.85. The van der Waals surface area contributed by atoms with E-state index in [0.717, 1.165) is 5.56 Å². The second-order valence-electron chi connectivity index (χ2n) is 5.97. The highest BCUT2D eigenvalue weighted by Crippen LogP contribution is 2.47. The third-order valence-electron chi connectivity index (χ3n) is 4.41. The smallest absolute Gasteiger partial charge is 0.412 e. The van der Waals surface area contributed by atoms with Crippen molar-refractivity contribution < 1.29 is 19.0 Å². The molecule has 124 valence electrons. The second kappa shape index (κ2) is 6.34. The average Bonchev–Trinajstić information content (AvgIpc) is 3.01. The Morgan fingerprint density at radius 3 is 2.83 bits per heavy atom. The van der Waals surface area contributed by atoms with Gasteiger partial charge in [0.2, 0.25) is 0 Å². The van der Waals surface area contributed by atoms with Gasteiger partial charge in [0.25, 0.3) is 0 Å². The highest BCUT2D eigenvalue weighted by molar-refractivity contribution is 5.69. The van der Waals surface area contributed by atoms with Gasteiger partial charge in [-0.05, 0) is 26.3 Å². The molecule has 1 unspecified atom stereocenters. The molecule has 2 aliphatic rings. The van der Waals surface area contributed by atoms with Crippen molar-refractivity contribution in [1.29, 1.82) is 0 Å². The molecular formula is C18H23NO4. The molecule has 0 radical (unpaired) electrons. The number of hydrogen-bond acceptors (Lipinski definition) is 4. The van der Waals surface area contributed by atoms with Crippen molar-refractivity contribution in [2.24, 2.45) is 0 Å². The van der Waals surface area contributed by atoms with E-state index < -0.39 is 11.8 Å². The average molecular weight is 317 g/mol. The maximum absolute atomic E-state index is 12.5. The van der Waals surface area contributed by atoms with Crippen LogP contribution in [0.3, 0.4) is 0 Å². The van der Waals surface area contributed by atoms with Crippen molar-refractivity contribution in [3.63, 3.8) is 0 Å². The number of hydrogen-bond donors (Lipinski definition) is 0. The van der Waals surface area contributed by atoms with E-state index in [9.17, 15) is 4.79 Å². The van der Waals surface area contributed by atoms with E-state index in [4.69, 9.17) is 14.2 Å². The van der Waals surface area contributed by atoms with Crippen LogP contribution >= 0.6 is 0 Å². The molecule has 23 heavy (non-hydrogen) atoms. The lowest BCUT2D eigenvalue weighted by molar-refractivity contribution is -0.0242. The molecule has 0 saturated carbocycles. The van der Waals surface area contributed by atoms with E-state index in [2.05, 4.69) is 0 Å². The third-order valence-corrected chi connectivity index (χ3v) is 4.41. The van der Waals surface area contributed by atoms with Gasteiger partial charge >= 0.3 is 6.09 Å². The monoisotopic (exact) mass is 317 g/mol. The molecule has 2 heterocycles. The zero-order chi connectivity index (χ0) is 16.4. The van der Waals surface area contributed by atoms with Gasteiger partial charge in [-0.2, -0.15) is 0 Å². The first-order valence-corrected chi connectivity index (χ1v) is 8.04. The first kappa shape index (κ1) is 16.0. The van der Waals surface area contributed by atoms with E-state index in [0.29, 0.717) is 13.2 Å². The van der Waals surface area contributed by atoms with E-state index >= 15 is 0 Å². The number of nitrogens with zero attached hydrogens (tertiary/aromatic N) is 1. The Labute approximate surface area is 136 Å². The van der Waals surface area contributed by atoms with Crippen LogP contribution in [0.4, 0.5) is 4.79 Å². The topological polar surface area (TPSA) is 51.3 Å². The Balaban J connectivity index is 1.87. The predicted molar refractivity (Wildman–Crippen MR) is 85.9 cm³/mol. The Bertz CT molecular complexity index is 588. The van der Waals surface area contributed by atoms with Gasteiger partial charge in [-0.15, -0.1) is 0 Å². The number of rotatable bonds is 4. The van der Waals surface area contributed by atoms with E-state index in [1.54, 1.807) is 11.8 Å². The maximum Gasteiger partial charge on any atom is 0.412 e. The summed E-state index contributed by atoms with van der Waals surface area (Å²) in [5.74, 6) is 0. The molecule has 2 saturated heterocycles. The fraction of sp³-hybridized carbons (Fsp3) is 0.500. The van der Waals surface area contributed by atoms with Gasteiger partial charge in [0.1, 0.15) is 11.7 Å². The molecule has 0 aromatic heterocycles. The summed E-state index contributed by atoms with van der Waals surface area (Å²) in [6.07, 6.45) is 3.09. The molecule has 2 aliphatic heterocycles. The number of carbonyl (C=O) groups is 1. The molecule has 5 heteroatoms. The lowest BCUT2D eigenvalue weighted by atomic mass is 10.0. The quantitative estimate of drug-likeness (QED) is 0.632. The minimum atomic E-state index is -0.525. The van der Waals surface area contributed by atoms with E-state index in [-0.39, 0.29) is 18.2 Å². The van der Waals surface area contributed by atoms with Gasteiger partial charge in [-0.3, -0.25) is 4.90 Å². The zero-order valence-electron chi connectivity index (χ0n) is 13.8. The summed E-state index contributed by atoms with van der Waals surface area (Å²) < 4.78 is 17.0. The number of ether oxygens (including phenoxy) is 3. The van der Waals surface area contributed by atoms with Crippen LogP contribution in [0.1, 0.15) is 32.4 Å². The second-order valence-corrected chi connectivity index (χ2v) is 5.97. The van der Waals surface area contributed by atoms with Crippen LogP contribution in [0.15, 0.2) is 42.5 Å². The molecule has 2 fully saturated rings. The van der Waals surface area contributed by atoms with Crippen molar-refractivity contribution in [2.75, 3.05) is 13.2 Å². The van der Waals surface area contributed by atoms with Crippen LogP contribution in [-0.2, 0) is 14.2 Å². The molecule has 1 aromatic carbocycles. The molecule has 0 bridgehead atoms. The predicted octanol–water partition coefficient (Wildman–Crippen LogP) is 3.28. The molecule has 4 atom stereocenters. The summed E-state index contributed by atoms with van der Waals surface area (Å²) in [6.45, 7) is 6.50. The normalized spacial score (nSPS) is 33.2. The number of carbonyl (C=O) groups excluding carboxylic acids is 1. The number of benzene rings is 1. The lowest BCUT2D eigenvalue weighted by Gasteiger charge is -2.29. The van der Waals surface area contributed by atoms with Gasteiger partial charge < -0.3 is 14.2 Å². The molecular weight excluding hydrogens is 294 g/mol. The summed E-state index contributed by atoms with van der Waals surface area (Å²) in [5, 5.41) is 0. The SMILES string of the molecule is C/C=C/[C@@H]1O[C@@]1(C)C1OC[C@@H](c2ccccc2)N1C(=O)OCC. The Kier molecular flexibility index (Phi) is 4.41. The largest absolute Gasteiger partial charge is 0.450 e. The summed E-state index contributed by atoms with van der Waals surface area (Å²) in [4.78, 5) is 14.2. The van der Waals surface area contributed by atoms with Crippen molar-refractivity contribution in [3.05, 3.63) is 48.0 Å². The molecule has 1 aromatic rings. The molecule has 1 amide bonds. The molecule has 3 rings (SSSR count). The fourth-order valence-corrected chi connectivity index (χ4v) is 3.14. The van der Waals surface area contributed by atoms with Gasteiger partial charge in [0.05, 0.1) is 19.3 Å². The van der Waals surface area contributed by atoms with Crippen LogP contribution in [0.2, 0.25) is 0 Å². The van der Waals surface area contributed by atoms with Gasteiger partial charge in [0, 0.05) is 0 Å².